The lowest BCUT2D eigenvalue weighted by Gasteiger charge is -2.17. The van der Waals surface area contributed by atoms with Gasteiger partial charge in [0.1, 0.15) is 5.82 Å². The van der Waals surface area contributed by atoms with Crippen molar-refractivity contribution in [1.29, 1.82) is 0 Å². The van der Waals surface area contributed by atoms with E-state index in [1.807, 2.05) is 26.1 Å². The van der Waals surface area contributed by atoms with Crippen LogP contribution in [0.2, 0.25) is 5.02 Å². The van der Waals surface area contributed by atoms with E-state index in [1.54, 1.807) is 17.4 Å². The van der Waals surface area contributed by atoms with Crippen molar-refractivity contribution in [3.63, 3.8) is 0 Å². The molecule has 2 aromatic rings. The number of hydrogen-bond donors (Lipinski definition) is 1. The summed E-state index contributed by atoms with van der Waals surface area (Å²) in [7, 11) is 1.88. The van der Waals surface area contributed by atoms with Crippen molar-refractivity contribution in [2.75, 3.05) is 7.05 Å². The van der Waals surface area contributed by atoms with Gasteiger partial charge in [0.05, 0.1) is 14.9 Å². The molecule has 0 aliphatic rings. The number of halogens is 3. The van der Waals surface area contributed by atoms with Crippen molar-refractivity contribution < 1.29 is 4.39 Å². The summed E-state index contributed by atoms with van der Waals surface area (Å²) in [6, 6.07) is 6.80. The average molecular weight is 349 g/mol. The van der Waals surface area contributed by atoms with Gasteiger partial charge in [-0.05, 0) is 59.2 Å². The first kappa shape index (κ1) is 14.0. The van der Waals surface area contributed by atoms with Crippen molar-refractivity contribution in [2.45, 2.75) is 13.0 Å². The summed E-state index contributed by atoms with van der Waals surface area (Å²) >= 11 is 11.1. The number of thiophene rings is 1. The quantitative estimate of drug-likeness (QED) is 0.830. The first-order valence-electron chi connectivity index (χ1n) is 5.41. The van der Waals surface area contributed by atoms with Crippen LogP contribution in [0.15, 0.2) is 28.1 Å². The van der Waals surface area contributed by atoms with Crippen LogP contribution < -0.4 is 5.32 Å². The second-order valence-corrected chi connectivity index (χ2v) is 6.80. The van der Waals surface area contributed by atoms with Crippen molar-refractivity contribution in [1.82, 2.24) is 5.32 Å². The molecule has 96 valence electrons. The zero-order valence-electron chi connectivity index (χ0n) is 9.93. The highest BCUT2D eigenvalue weighted by atomic mass is 79.9. The molecule has 0 spiro atoms. The third-order valence-corrected chi connectivity index (χ3v) is 5.32. The zero-order valence-corrected chi connectivity index (χ0v) is 13.1. The summed E-state index contributed by atoms with van der Waals surface area (Å²) in [5.41, 5.74) is 1.99. The first-order valence-corrected chi connectivity index (χ1v) is 7.39. The number of rotatable bonds is 3. The van der Waals surface area contributed by atoms with Crippen LogP contribution >= 0.6 is 38.9 Å². The maximum Gasteiger partial charge on any atom is 0.123 e. The van der Waals surface area contributed by atoms with Gasteiger partial charge in [0, 0.05) is 4.88 Å². The van der Waals surface area contributed by atoms with Crippen LogP contribution in [0.3, 0.4) is 0 Å². The largest absolute Gasteiger partial charge is 0.309 e. The molecule has 0 amide bonds. The number of aryl methyl sites for hydroxylation is 1. The van der Waals surface area contributed by atoms with Crippen molar-refractivity contribution in [3.8, 4) is 0 Å². The SMILES string of the molecule is CNC(c1cc(Cl)c(Br)s1)c1ccc(F)cc1C. The van der Waals surface area contributed by atoms with E-state index in [-0.39, 0.29) is 11.9 Å². The second-order valence-electron chi connectivity index (χ2n) is 3.99. The van der Waals surface area contributed by atoms with Crippen LogP contribution in [-0.2, 0) is 0 Å². The lowest BCUT2D eigenvalue weighted by atomic mass is 10.00. The molecule has 0 fully saturated rings. The van der Waals surface area contributed by atoms with E-state index in [9.17, 15) is 4.39 Å². The molecule has 0 aliphatic carbocycles. The summed E-state index contributed by atoms with van der Waals surface area (Å²) in [6.07, 6.45) is 0. The summed E-state index contributed by atoms with van der Waals surface area (Å²) in [5.74, 6) is -0.212. The summed E-state index contributed by atoms with van der Waals surface area (Å²) in [5, 5.41) is 3.95. The highest BCUT2D eigenvalue weighted by molar-refractivity contribution is 9.11. The predicted molar refractivity (Wildman–Crippen MR) is 79.1 cm³/mol. The molecule has 1 unspecified atom stereocenters. The fourth-order valence-electron chi connectivity index (χ4n) is 1.92. The molecule has 1 aromatic heterocycles. The number of benzene rings is 1. The van der Waals surface area contributed by atoms with E-state index in [1.165, 1.54) is 6.07 Å². The van der Waals surface area contributed by atoms with E-state index >= 15 is 0 Å². The Bertz CT molecular complexity index is 551. The molecular weight excluding hydrogens is 337 g/mol. The van der Waals surface area contributed by atoms with E-state index < -0.39 is 0 Å². The summed E-state index contributed by atoms with van der Waals surface area (Å²) < 4.78 is 14.1. The van der Waals surface area contributed by atoms with Crippen molar-refractivity contribution in [2.24, 2.45) is 0 Å². The van der Waals surface area contributed by atoms with Crippen LogP contribution in [0.1, 0.15) is 22.0 Å². The molecule has 0 radical (unpaired) electrons. The highest BCUT2D eigenvalue weighted by Crippen LogP contribution is 2.37. The van der Waals surface area contributed by atoms with Crippen LogP contribution in [-0.4, -0.2) is 7.05 Å². The Morgan fingerprint density at radius 2 is 2.11 bits per heavy atom. The van der Waals surface area contributed by atoms with Gasteiger partial charge in [0.25, 0.3) is 0 Å². The summed E-state index contributed by atoms with van der Waals surface area (Å²) in [4.78, 5) is 1.10. The smallest absolute Gasteiger partial charge is 0.123 e. The standard InChI is InChI=1S/C13H12BrClFNS/c1-7-5-8(16)3-4-9(7)12(17-2)11-6-10(15)13(14)18-11/h3-6,12,17H,1-2H3. The van der Waals surface area contributed by atoms with Crippen molar-refractivity contribution in [3.05, 3.63) is 54.9 Å². The second kappa shape index (κ2) is 5.70. The number of hydrogen-bond acceptors (Lipinski definition) is 2. The third kappa shape index (κ3) is 2.77. The maximum atomic E-state index is 13.1. The zero-order chi connectivity index (χ0) is 13.3. The molecule has 0 aliphatic heterocycles. The van der Waals surface area contributed by atoms with Gasteiger partial charge in [-0.15, -0.1) is 11.3 Å². The molecule has 0 saturated heterocycles. The molecule has 18 heavy (non-hydrogen) atoms. The maximum absolute atomic E-state index is 13.1. The minimum absolute atomic E-state index is 0.0272. The van der Waals surface area contributed by atoms with E-state index in [2.05, 4.69) is 21.2 Å². The van der Waals surface area contributed by atoms with E-state index in [0.29, 0.717) is 5.02 Å². The van der Waals surface area contributed by atoms with Gasteiger partial charge in [-0.3, -0.25) is 0 Å². The molecule has 0 saturated carbocycles. The van der Waals surface area contributed by atoms with Gasteiger partial charge in [0.15, 0.2) is 0 Å². The highest BCUT2D eigenvalue weighted by Gasteiger charge is 2.18. The Labute approximate surface area is 123 Å². The Hall–Kier alpha value is -0.420. The Kier molecular flexibility index (Phi) is 4.43. The topological polar surface area (TPSA) is 12.0 Å². The van der Waals surface area contributed by atoms with Crippen LogP contribution in [0.5, 0.6) is 0 Å². The third-order valence-electron chi connectivity index (χ3n) is 2.78. The van der Waals surface area contributed by atoms with Gasteiger partial charge in [-0.1, -0.05) is 17.7 Å². The van der Waals surface area contributed by atoms with Crippen LogP contribution in [0.25, 0.3) is 0 Å². The van der Waals surface area contributed by atoms with Gasteiger partial charge in [-0.25, -0.2) is 4.39 Å². The van der Waals surface area contributed by atoms with Gasteiger partial charge >= 0.3 is 0 Å². The van der Waals surface area contributed by atoms with Crippen LogP contribution in [0.4, 0.5) is 4.39 Å². The lowest BCUT2D eigenvalue weighted by molar-refractivity contribution is 0.622. The molecule has 1 N–H and O–H groups in total. The van der Waals surface area contributed by atoms with Gasteiger partial charge in [-0.2, -0.15) is 0 Å². The summed E-state index contributed by atoms with van der Waals surface area (Å²) in [6.45, 7) is 1.91. The average Bonchev–Trinajstić information content (AvgIpc) is 2.63. The number of nitrogens with one attached hydrogen (secondary N) is 1. The molecule has 5 heteroatoms. The minimum Gasteiger partial charge on any atom is -0.309 e. The minimum atomic E-state index is -0.212. The predicted octanol–water partition coefficient (Wildman–Crippen LogP) is 4.92. The van der Waals surface area contributed by atoms with Gasteiger partial charge in [0.2, 0.25) is 0 Å². The molecule has 1 nitrogen and oxygen atoms in total. The van der Waals surface area contributed by atoms with E-state index in [4.69, 9.17) is 11.6 Å². The molecule has 1 heterocycles. The van der Waals surface area contributed by atoms with E-state index in [0.717, 1.165) is 19.8 Å². The Balaban J connectivity index is 2.45. The fraction of sp³-hybridized carbons (Fsp3) is 0.231. The first-order chi connectivity index (χ1) is 8.52. The molecule has 1 atom stereocenters. The molecule has 1 aromatic carbocycles. The molecule has 2 rings (SSSR count). The monoisotopic (exact) mass is 347 g/mol. The lowest BCUT2D eigenvalue weighted by Crippen LogP contribution is -2.17. The van der Waals surface area contributed by atoms with Crippen LogP contribution in [0, 0.1) is 12.7 Å². The Morgan fingerprint density at radius 1 is 1.39 bits per heavy atom. The molecule has 0 bridgehead atoms. The van der Waals surface area contributed by atoms with Gasteiger partial charge < -0.3 is 5.32 Å². The molecular formula is C13H12BrClFNS. The van der Waals surface area contributed by atoms with Crippen molar-refractivity contribution >= 4 is 38.9 Å². The normalized spacial score (nSPS) is 12.7. The Morgan fingerprint density at radius 3 is 2.61 bits per heavy atom. The fourth-order valence-corrected chi connectivity index (χ4v) is 3.80.